The van der Waals surface area contributed by atoms with Gasteiger partial charge in [0.1, 0.15) is 5.75 Å². The van der Waals surface area contributed by atoms with Crippen molar-refractivity contribution in [3.8, 4) is 5.75 Å². The van der Waals surface area contributed by atoms with E-state index in [1.54, 1.807) is 18.2 Å². The average Bonchev–Trinajstić information content (AvgIpc) is 2.62. The molecule has 1 aliphatic rings. The fraction of sp³-hybridized carbons (Fsp3) is 0.333. The molecule has 0 saturated heterocycles. The molecule has 0 spiro atoms. The number of anilines is 1. The molecule has 3 rings (SSSR count). The van der Waals surface area contributed by atoms with Crippen LogP contribution in [0.3, 0.4) is 0 Å². The average molecular weight is 353 g/mol. The highest BCUT2D eigenvalue weighted by Crippen LogP contribution is 2.28. The molecule has 5 heteroatoms. The summed E-state index contributed by atoms with van der Waals surface area (Å²) in [5, 5.41) is 11.6. The molecule has 5 nitrogen and oxygen atoms in total. The first-order chi connectivity index (χ1) is 12.5. The number of carboxylic acid groups (broad SMARTS) is 1. The highest BCUT2D eigenvalue weighted by atomic mass is 16.5. The number of carbonyl (C=O) groups is 2. The first-order valence-corrected chi connectivity index (χ1v) is 8.83. The summed E-state index contributed by atoms with van der Waals surface area (Å²) in [7, 11) is 0. The molecular formula is C21H23NO4. The Bertz CT molecular complexity index is 815. The Morgan fingerprint density at radius 1 is 1.19 bits per heavy atom. The molecule has 2 aromatic carbocycles. The Labute approximate surface area is 153 Å². The number of carboxylic acids is 1. The fourth-order valence-electron chi connectivity index (χ4n) is 3.42. The third-order valence-electron chi connectivity index (χ3n) is 4.76. The second kappa shape index (κ2) is 8.04. The number of fused-ring (bicyclic) bond motifs is 1. The van der Waals surface area contributed by atoms with E-state index in [1.165, 1.54) is 11.1 Å². The number of aliphatic carboxylic acids is 1. The van der Waals surface area contributed by atoms with Gasteiger partial charge in [-0.1, -0.05) is 24.3 Å². The number of aryl methyl sites for hydroxylation is 2. The predicted octanol–water partition coefficient (Wildman–Crippen LogP) is 3.59. The number of benzene rings is 2. The Morgan fingerprint density at radius 2 is 1.96 bits per heavy atom. The summed E-state index contributed by atoms with van der Waals surface area (Å²) < 4.78 is 5.15. The number of nitrogens with one attached hydrogen (secondary N) is 1. The van der Waals surface area contributed by atoms with Crippen molar-refractivity contribution in [3.63, 3.8) is 0 Å². The highest BCUT2D eigenvalue weighted by molar-refractivity contribution is 5.91. The van der Waals surface area contributed by atoms with E-state index < -0.39 is 5.97 Å². The molecular weight excluding hydrogens is 330 g/mol. The second-order valence-corrected chi connectivity index (χ2v) is 6.79. The standard InChI is InChI=1S/C21H23NO4/c1-14-10-18(26-13-21(24)25)8-9-19(14)22-20(23)12-15-6-7-16-4-2-3-5-17(16)11-15/h2-5,8-10,15H,6-7,11-13H2,1H3,(H,22,23)(H,24,25). The zero-order chi connectivity index (χ0) is 18.5. The van der Waals surface area contributed by atoms with E-state index >= 15 is 0 Å². The van der Waals surface area contributed by atoms with Crippen molar-refractivity contribution < 1.29 is 19.4 Å². The largest absolute Gasteiger partial charge is 0.482 e. The van der Waals surface area contributed by atoms with E-state index in [0.29, 0.717) is 18.1 Å². The van der Waals surface area contributed by atoms with Gasteiger partial charge in [-0.25, -0.2) is 4.79 Å². The lowest BCUT2D eigenvalue weighted by molar-refractivity contribution is -0.139. The molecule has 0 saturated carbocycles. The summed E-state index contributed by atoms with van der Waals surface area (Å²) >= 11 is 0. The minimum atomic E-state index is -1.02. The van der Waals surface area contributed by atoms with E-state index in [9.17, 15) is 9.59 Å². The fourth-order valence-corrected chi connectivity index (χ4v) is 3.42. The van der Waals surface area contributed by atoms with Gasteiger partial charge in [-0.05, 0) is 67.0 Å². The molecule has 1 atom stereocenters. The van der Waals surface area contributed by atoms with Crippen LogP contribution in [-0.4, -0.2) is 23.6 Å². The van der Waals surface area contributed by atoms with Crippen molar-refractivity contribution in [1.29, 1.82) is 0 Å². The molecule has 0 fully saturated rings. The Balaban J connectivity index is 1.56. The molecule has 1 amide bonds. The van der Waals surface area contributed by atoms with Crippen molar-refractivity contribution in [1.82, 2.24) is 0 Å². The van der Waals surface area contributed by atoms with Gasteiger partial charge in [0, 0.05) is 12.1 Å². The number of hydrogen-bond donors (Lipinski definition) is 2. The highest BCUT2D eigenvalue weighted by Gasteiger charge is 2.21. The number of amides is 1. The minimum Gasteiger partial charge on any atom is -0.482 e. The van der Waals surface area contributed by atoms with Crippen LogP contribution in [0.1, 0.15) is 29.5 Å². The predicted molar refractivity (Wildman–Crippen MR) is 99.5 cm³/mol. The number of hydrogen-bond acceptors (Lipinski definition) is 3. The lowest BCUT2D eigenvalue weighted by Gasteiger charge is -2.24. The monoisotopic (exact) mass is 353 g/mol. The number of carbonyl (C=O) groups excluding carboxylic acids is 1. The van der Waals surface area contributed by atoms with Crippen LogP contribution in [0.4, 0.5) is 5.69 Å². The SMILES string of the molecule is Cc1cc(OCC(=O)O)ccc1NC(=O)CC1CCc2ccccc2C1. The van der Waals surface area contributed by atoms with E-state index in [-0.39, 0.29) is 12.5 Å². The maximum absolute atomic E-state index is 12.4. The Kier molecular flexibility index (Phi) is 5.56. The normalized spacial score (nSPS) is 15.8. The Hall–Kier alpha value is -2.82. The molecule has 136 valence electrons. The molecule has 1 aliphatic carbocycles. The van der Waals surface area contributed by atoms with Gasteiger partial charge in [-0.2, -0.15) is 0 Å². The van der Waals surface area contributed by atoms with Crippen molar-refractivity contribution in [2.24, 2.45) is 5.92 Å². The maximum atomic E-state index is 12.4. The summed E-state index contributed by atoms with van der Waals surface area (Å²) in [5.41, 5.74) is 4.33. The van der Waals surface area contributed by atoms with Gasteiger partial charge in [-0.3, -0.25) is 4.79 Å². The summed E-state index contributed by atoms with van der Waals surface area (Å²) in [6.45, 7) is 1.48. The van der Waals surface area contributed by atoms with E-state index in [2.05, 4.69) is 29.6 Å². The zero-order valence-electron chi connectivity index (χ0n) is 14.8. The van der Waals surface area contributed by atoms with Crippen LogP contribution in [0.5, 0.6) is 5.75 Å². The molecule has 2 N–H and O–H groups in total. The Morgan fingerprint density at radius 3 is 2.69 bits per heavy atom. The second-order valence-electron chi connectivity index (χ2n) is 6.79. The number of ether oxygens (including phenoxy) is 1. The maximum Gasteiger partial charge on any atom is 0.341 e. The van der Waals surface area contributed by atoms with Gasteiger partial charge in [0.15, 0.2) is 6.61 Å². The number of rotatable bonds is 6. The third-order valence-corrected chi connectivity index (χ3v) is 4.76. The van der Waals surface area contributed by atoms with Crippen LogP contribution in [0.25, 0.3) is 0 Å². The van der Waals surface area contributed by atoms with Gasteiger partial charge in [0.05, 0.1) is 0 Å². The van der Waals surface area contributed by atoms with Gasteiger partial charge >= 0.3 is 5.97 Å². The molecule has 0 bridgehead atoms. The van der Waals surface area contributed by atoms with Gasteiger partial charge in [0.25, 0.3) is 0 Å². The summed E-state index contributed by atoms with van der Waals surface area (Å²) in [6, 6.07) is 13.6. The van der Waals surface area contributed by atoms with Crippen LogP contribution in [0, 0.1) is 12.8 Å². The van der Waals surface area contributed by atoms with Crippen LogP contribution in [-0.2, 0) is 22.4 Å². The third kappa shape index (κ3) is 4.63. The molecule has 0 radical (unpaired) electrons. The van der Waals surface area contributed by atoms with Gasteiger partial charge < -0.3 is 15.2 Å². The lowest BCUT2D eigenvalue weighted by atomic mass is 9.82. The topological polar surface area (TPSA) is 75.6 Å². The van der Waals surface area contributed by atoms with Gasteiger partial charge in [-0.15, -0.1) is 0 Å². The van der Waals surface area contributed by atoms with Crippen molar-refractivity contribution >= 4 is 17.6 Å². The smallest absolute Gasteiger partial charge is 0.341 e. The summed E-state index contributed by atoms with van der Waals surface area (Å²) in [4.78, 5) is 23.0. The quantitative estimate of drug-likeness (QED) is 0.832. The zero-order valence-corrected chi connectivity index (χ0v) is 14.8. The summed E-state index contributed by atoms with van der Waals surface area (Å²) in [5.74, 6) is -0.166. The van der Waals surface area contributed by atoms with Crippen molar-refractivity contribution in [2.75, 3.05) is 11.9 Å². The molecule has 0 heterocycles. The molecule has 1 unspecified atom stereocenters. The van der Waals surface area contributed by atoms with Crippen molar-refractivity contribution in [2.45, 2.75) is 32.6 Å². The minimum absolute atomic E-state index is 0.0108. The van der Waals surface area contributed by atoms with Gasteiger partial charge in [0.2, 0.25) is 5.91 Å². The first-order valence-electron chi connectivity index (χ1n) is 8.83. The molecule has 2 aromatic rings. The van der Waals surface area contributed by atoms with Crippen LogP contribution in [0.2, 0.25) is 0 Å². The molecule has 0 aliphatic heterocycles. The van der Waals surface area contributed by atoms with Crippen LogP contribution >= 0.6 is 0 Å². The summed E-state index contributed by atoms with van der Waals surface area (Å²) in [6.07, 6.45) is 3.52. The molecule has 26 heavy (non-hydrogen) atoms. The molecule has 0 aromatic heterocycles. The first kappa shape index (κ1) is 18.0. The van der Waals surface area contributed by atoms with Crippen LogP contribution in [0.15, 0.2) is 42.5 Å². The van der Waals surface area contributed by atoms with E-state index in [4.69, 9.17) is 9.84 Å². The lowest BCUT2D eigenvalue weighted by Crippen LogP contribution is -2.22. The van der Waals surface area contributed by atoms with Crippen molar-refractivity contribution in [3.05, 3.63) is 59.2 Å². The van der Waals surface area contributed by atoms with E-state index in [0.717, 1.165) is 30.5 Å². The van der Waals surface area contributed by atoms with E-state index in [1.807, 2.05) is 6.92 Å². The van der Waals surface area contributed by atoms with Crippen LogP contribution < -0.4 is 10.1 Å².